The Bertz CT molecular complexity index is 1290. The fourth-order valence-electron chi connectivity index (χ4n) is 5.95. The predicted molar refractivity (Wildman–Crippen MR) is 148 cm³/mol. The number of halogens is 1. The van der Waals surface area contributed by atoms with Crippen LogP contribution in [0.1, 0.15) is 43.2 Å². The smallest absolute Gasteiger partial charge is 0.240 e. The second-order valence-corrected chi connectivity index (χ2v) is 11.0. The average Bonchev–Trinajstić information content (AvgIpc) is 3.73. The number of nitrogens with two attached hydrogens (primary N) is 2. The Morgan fingerprint density at radius 3 is 2.39 bits per heavy atom. The molecule has 4 atom stereocenters. The lowest BCUT2D eigenvalue weighted by Gasteiger charge is -2.46. The van der Waals surface area contributed by atoms with Gasteiger partial charge in [-0.2, -0.15) is 0 Å². The Hall–Kier alpha value is -3.29. The van der Waals surface area contributed by atoms with Crippen LogP contribution in [0.15, 0.2) is 66.7 Å². The number of hydrogen-bond acceptors (Lipinski definition) is 4. The third kappa shape index (κ3) is 5.89. The average molecular weight is 517 g/mol. The summed E-state index contributed by atoms with van der Waals surface area (Å²) in [6.07, 6.45) is 3.61. The van der Waals surface area contributed by atoms with E-state index in [0.717, 1.165) is 28.3 Å². The highest BCUT2D eigenvalue weighted by Crippen LogP contribution is 2.36. The van der Waals surface area contributed by atoms with E-state index in [-0.39, 0.29) is 29.6 Å². The van der Waals surface area contributed by atoms with E-state index in [4.69, 9.17) is 11.5 Å². The lowest BCUT2D eigenvalue weighted by molar-refractivity contribution is -0.139. The van der Waals surface area contributed by atoms with Gasteiger partial charge in [-0.3, -0.25) is 14.5 Å². The summed E-state index contributed by atoms with van der Waals surface area (Å²) in [4.78, 5) is 30.4. The van der Waals surface area contributed by atoms with Crippen molar-refractivity contribution in [3.8, 4) is 0 Å². The first kappa shape index (κ1) is 26.3. The minimum absolute atomic E-state index is 0.0197. The Morgan fingerprint density at radius 1 is 1.00 bits per heavy atom. The zero-order chi connectivity index (χ0) is 26.8. The van der Waals surface area contributed by atoms with Gasteiger partial charge in [-0.15, -0.1) is 0 Å². The maximum absolute atomic E-state index is 13.5. The first-order valence-corrected chi connectivity index (χ1v) is 13.6. The highest BCUT2D eigenvalue weighted by atomic mass is 19.1. The highest BCUT2D eigenvalue weighted by molar-refractivity contribution is 5.85. The zero-order valence-corrected chi connectivity index (χ0v) is 21.9. The van der Waals surface area contributed by atoms with Crippen LogP contribution in [0.4, 0.5) is 4.39 Å². The molecule has 4 unspecified atom stereocenters. The molecule has 4 N–H and O–H groups in total. The summed E-state index contributed by atoms with van der Waals surface area (Å²) in [6.45, 7) is 3.71. The van der Waals surface area contributed by atoms with Crippen molar-refractivity contribution in [2.45, 2.75) is 56.7 Å². The molecule has 2 aliphatic rings. The molecule has 1 aliphatic heterocycles. The second-order valence-electron chi connectivity index (χ2n) is 11.0. The second kappa shape index (κ2) is 11.2. The van der Waals surface area contributed by atoms with Gasteiger partial charge >= 0.3 is 0 Å². The number of carbonyl (C=O) groups excluding carboxylic acids is 2. The fourth-order valence-corrected chi connectivity index (χ4v) is 5.95. The van der Waals surface area contributed by atoms with E-state index in [1.807, 2.05) is 17.0 Å². The molecule has 1 saturated heterocycles. The van der Waals surface area contributed by atoms with Gasteiger partial charge in [0.05, 0.1) is 12.1 Å². The summed E-state index contributed by atoms with van der Waals surface area (Å²) in [5, 5.41) is 2.30. The number of rotatable bonds is 9. The van der Waals surface area contributed by atoms with Crippen LogP contribution < -0.4 is 11.5 Å². The van der Waals surface area contributed by atoms with Crippen LogP contribution in [-0.4, -0.2) is 59.4 Å². The molecule has 1 aliphatic carbocycles. The molecule has 0 radical (unpaired) electrons. The van der Waals surface area contributed by atoms with Gasteiger partial charge < -0.3 is 16.4 Å². The lowest BCUT2D eigenvalue weighted by Crippen LogP contribution is -2.62. The van der Waals surface area contributed by atoms with Gasteiger partial charge in [-0.1, -0.05) is 74.4 Å². The van der Waals surface area contributed by atoms with Crippen LogP contribution in [0.5, 0.6) is 0 Å². The standard InChI is InChI=1S/C31H37FN4O2/c1-20(24-11-10-23-4-2-3-5-25(23)18-24)29(30(34)37)35-14-15-36(27(19-35)16-21-6-7-21)31(38)28(33)17-22-8-12-26(32)13-9-22/h2-5,8-13,18,20-21,27-29H,6-7,14-17,19,33H2,1H3,(H2,34,37). The van der Waals surface area contributed by atoms with Gasteiger partial charge in [0.1, 0.15) is 5.82 Å². The van der Waals surface area contributed by atoms with Crippen LogP contribution in [0, 0.1) is 11.7 Å². The maximum atomic E-state index is 13.5. The summed E-state index contributed by atoms with van der Waals surface area (Å²) in [5.74, 6) is -0.229. The van der Waals surface area contributed by atoms with E-state index in [2.05, 4.69) is 42.2 Å². The Labute approximate surface area is 223 Å². The van der Waals surface area contributed by atoms with Crippen molar-refractivity contribution < 1.29 is 14.0 Å². The molecule has 3 aromatic carbocycles. The summed E-state index contributed by atoms with van der Waals surface area (Å²) in [6, 6.07) is 19.5. The number of amides is 2. The molecule has 2 fully saturated rings. The van der Waals surface area contributed by atoms with Gasteiger partial charge in [0.15, 0.2) is 0 Å². The number of nitrogens with zero attached hydrogens (tertiary/aromatic N) is 2. The van der Waals surface area contributed by atoms with Crippen molar-refractivity contribution in [1.82, 2.24) is 9.80 Å². The number of primary amides is 1. The van der Waals surface area contributed by atoms with Crippen molar-refractivity contribution in [3.63, 3.8) is 0 Å². The minimum atomic E-state index is -0.697. The first-order chi connectivity index (χ1) is 18.3. The van der Waals surface area contributed by atoms with Crippen LogP contribution in [0.2, 0.25) is 0 Å². The van der Waals surface area contributed by atoms with E-state index >= 15 is 0 Å². The molecule has 7 heteroatoms. The van der Waals surface area contributed by atoms with Crippen molar-refractivity contribution in [2.75, 3.05) is 19.6 Å². The van der Waals surface area contributed by atoms with Crippen LogP contribution in [-0.2, 0) is 16.0 Å². The lowest BCUT2D eigenvalue weighted by atomic mass is 9.89. The quantitative estimate of drug-likeness (QED) is 0.452. The summed E-state index contributed by atoms with van der Waals surface area (Å²) in [7, 11) is 0. The molecule has 1 saturated carbocycles. The van der Waals surface area contributed by atoms with Crippen molar-refractivity contribution in [3.05, 3.63) is 83.7 Å². The number of hydrogen-bond donors (Lipinski definition) is 2. The van der Waals surface area contributed by atoms with Crippen molar-refractivity contribution in [2.24, 2.45) is 17.4 Å². The molecule has 5 rings (SSSR count). The number of piperazine rings is 1. The highest BCUT2D eigenvalue weighted by Gasteiger charge is 2.40. The van der Waals surface area contributed by atoms with Crippen molar-refractivity contribution >= 4 is 22.6 Å². The maximum Gasteiger partial charge on any atom is 0.240 e. The third-order valence-electron chi connectivity index (χ3n) is 8.24. The van der Waals surface area contributed by atoms with Crippen LogP contribution in [0.25, 0.3) is 10.8 Å². The SMILES string of the molecule is CC(c1ccc2ccccc2c1)C(C(N)=O)N1CCN(C(=O)C(N)Cc2ccc(F)cc2)C(CC2CC2)C1. The zero-order valence-electron chi connectivity index (χ0n) is 21.9. The van der Waals surface area contributed by atoms with Crippen LogP contribution in [0.3, 0.4) is 0 Å². The first-order valence-electron chi connectivity index (χ1n) is 13.6. The van der Waals surface area contributed by atoms with Gasteiger partial charge in [-0.25, -0.2) is 4.39 Å². The number of carbonyl (C=O) groups is 2. The minimum Gasteiger partial charge on any atom is -0.368 e. The van der Waals surface area contributed by atoms with Gasteiger partial charge in [0.25, 0.3) is 0 Å². The Kier molecular flexibility index (Phi) is 7.77. The normalized spacial score (nSPS) is 20.7. The molecule has 0 bridgehead atoms. The Balaban J connectivity index is 1.32. The topological polar surface area (TPSA) is 92.7 Å². The molecular formula is C31H37FN4O2. The molecule has 0 aromatic heterocycles. The summed E-state index contributed by atoms with van der Waals surface area (Å²) < 4.78 is 13.3. The summed E-state index contributed by atoms with van der Waals surface area (Å²) in [5.41, 5.74) is 14.3. The molecule has 0 spiro atoms. The fraction of sp³-hybridized carbons (Fsp3) is 0.419. The van der Waals surface area contributed by atoms with Crippen molar-refractivity contribution in [1.29, 1.82) is 0 Å². The van der Waals surface area contributed by atoms with Gasteiger partial charge in [-0.05, 0) is 52.8 Å². The molecule has 38 heavy (non-hydrogen) atoms. The number of fused-ring (bicyclic) bond motifs is 1. The third-order valence-corrected chi connectivity index (χ3v) is 8.24. The van der Waals surface area contributed by atoms with E-state index in [0.29, 0.717) is 32.0 Å². The predicted octanol–water partition coefficient (Wildman–Crippen LogP) is 3.82. The monoisotopic (exact) mass is 516 g/mol. The molecule has 6 nitrogen and oxygen atoms in total. The number of benzene rings is 3. The molecule has 2 amide bonds. The van der Waals surface area contributed by atoms with E-state index in [1.165, 1.54) is 25.0 Å². The van der Waals surface area contributed by atoms with E-state index < -0.39 is 12.1 Å². The Morgan fingerprint density at radius 2 is 1.71 bits per heavy atom. The van der Waals surface area contributed by atoms with E-state index in [1.54, 1.807) is 12.1 Å². The van der Waals surface area contributed by atoms with Gasteiger partial charge in [0, 0.05) is 31.6 Å². The molecule has 200 valence electrons. The van der Waals surface area contributed by atoms with Crippen LogP contribution >= 0.6 is 0 Å². The summed E-state index contributed by atoms with van der Waals surface area (Å²) >= 11 is 0. The molecule has 3 aromatic rings. The van der Waals surface area contributed by atoms with E-state index in [9.17, 15) is 14.0 Å². The largest absolute Gasteiger partial charge is 0.368 e. The molecular weight excluding hydrogens is 479 g/mol. The molecule has 1 heterocycles. The van der Waals surface area contributed by atoms with Gasteiger partial charge in [0.2, 0.25) is 11.8 Å².